The number of hydrogen-bond donors (Lipinski definition) is 1. The van der Waals surface area contributed by atoms with Gasteiger partial charge in [0.05, 0.1) is 12.8 Å². The molecule has 0 spiro atoms. The van der Waals surface area contributed by atoms with Crippen LogP contribution in [0.3, 0.4) is 0 Å². The van der Waals surface area contributed by atoms with Crippen molar-refractivity contribution in [3.8, 4) is 5.75 Å². The number of hydrogen-bond acceptors (Lipinski definition) is 2. The first-order valence-electron chi connectivity index (χ1n) is 9.48. The third-order valence-corrected chi connectivity index (χ3v) is 5.69. The Balaban J connectivity index is 1.18. The summed E-state index contributed by atoms with van der Waals surface area (Å²) < 4.78 is 5.28. The molecular formula is C22H26N2O2. The van der Waals surface area contributed by atoms with Gasteiger partial charge < -0.3 is 15.0 Å². The topological polar surface area (TPSA) is 41.6 Å². The monoisotopic (exact) mass is 350 g/mol. The minimum Gasteiger partial charge on any atom is -0.495 e. The van der Waals surface area contributed by atoms with Crippen LogP contribution >= 0.6 is 0 Å². The first-order valence-corrected chi connectivity index (χ1v) is 9.48. The number of rotatable bonds is 6. The van der Waals surface area contributed by atoms with Crippen LogP contribution in [0.4, 0.5) is 10.5 Å². The molecule has 0 aromatic heterocycles. The maximum Gasteiger partial charge on any atom is 0.321 e. The first kappa shape index (κ1) is 17.0. The molecule has 2 atom stereocenters. The molecule has 1 saturated carbocycles. The standard InChI is InChI=1S/C22H26N2O2/c1-26-21-10-6-5-9-20(21)23-22(25)24-14-16(15-24)11-12-18-13-19(18)17-7-3-2-4-8-17/h2-10,16,18-19H,11-15H2,1H3,(H,23,25). The van der Waals surface area contributed by atoms with Gasteiger partial charge in [0.25, 0.3) is 0 Å². The fourth-order valence-corrected chi connectivity index (χ4v) is 3.99. The second kappa shape index (κ2) is 7.40. The zero-order valence-electron chi connectivity index (χ0n) is 15.2. The van der Waals surface area contributed by atoms with Crippen LogP contribution in [0.25, 0.3) is 0 Å². The number of amides is 2. The van der Waals surface area contributed by atoms with Gasteiger partial charge >= 0.3 is 6.03 Å². The van der Waals surface area contributed by atoms with Crippen LogP contribution in [0, 0.1) is 11.8 Å². The Hall–Kier alpha value is -2.49. The number of nitrogens with one attached hydrogen (secondary N) is 1. The van der Waals surface area contributed by atoms with Crippen molar-refractivity contribution in [2.24, 2.45) is 11.8 Å². The van der Waals surface area contributed by atoms with Gasteiger partial charge in [0.2, 0.25) is 0 Å². The minimum absolute atomic E-state index is 0.0284. The van der Waals surface area contributed by atoms with Crippen LogP contribution in [0.1, 0.15) is 30.7 Å². The minimum atomic E-state index is -0.0284. The van der Waals surface area contributed by atoms with Gasteiger partial charge in [-0.05, 0) is 54.7 Å². The van der Waals surface area contributed by atoms with Crippen LogP contribution in [-0.2, 0) is 0 Å². The molecule has 4 heteroatoms. The van der Waals surface area contributed by atoms with E-state index in [-0.39, 0.29) is 6.03 Å². The van der Waals surface area contributed by atoms with E-state index in [0.29, 0.717) is 11.7 Å². The smallest absolute Gasteiger partial charge is 0.321 e. The average Bonchev–Trinajstić information content (AvgIpc) is 3.41. The molecule has 2 unspecified atom stereocenters. The van der Waals surface area contributed by atoms with Crippen molar-refractivity contribution in [3.63, 3.8) is 0 Å². The fraction of sp³-hybridized carbons (Fsp3) is 0.409. The van der Waals surface area contributed by atoms with Gasteiger partial charge in [-0.2, -0.15) is 0 Å². The number of urea groups is 1. The normalized spacial score (nSPS) is 21.8. The van der Waals surface area contributed by atoms with Crippen molar-refractivity contribution in [2.45, 2.75) is 25.2 Å². The fourth-order valence-electron chi connectivity index (χ4n) is 3.99. The Morgan fingerprint density at radius 2 is 1.81 bits per heavy atom. The van der Waals surface area contributed by atoms with Gasteiger partial charge in [-0.25, -0.2) is 4.79 Å². The lowest BCUT2D eigenvalue weighted by atomic mass is 9.93. The first-order chi connectivity index (χ1) is 12.7. The molecule has 1 aliphatic carbocycles. The molecule has 4 rings (SSSR count). The van der Waals surface area contributed by atoms with Crippen molar-refractivity contribution in [1.82, 2.24) is 4.90 Å². The van der Waals surface area contributed by atoms with Gasteiger partial charge in [-0.15, -0.1) is 0 Å². The zero-order chi connectivity index (χ0) is 17.9. The molecule has 1 saturated heterocycles. The molecule has 1 heterocycles. The van der Waals surface area contributed by atoms with Crippen molar-refractivity contribution < 1.29 is 9.53 Å². The predicted octanol–water partition coefficient (Wildman–Crippen LogP) is 4.74. The van der Waals surface area contributed by atoms with E-state index in [0.717, 1.165) is 30.6 Å². The van der Waals surface area contributed by atoms with E-state index in [1.807, 2.05) is 29.2 Å². The molecule has 26 heavy (non-hydrogen) atoms. The lowest BCUT2D eigenvalue weighted by Crippen LogP contribution is -2.51. The SMILES string of the molecule is COc1ccccc1NC(=O)N1CC(CCC2CC2c2ccccc2)C1. The molecule has 4 nitrogen and oxygen atoms in total. The number of para-hydroxylation sites is 2. The lowest BCUT2D eigenvalue weighted by molar-refractivity contribution is 0.123. The Morgan fingerprint density at radius 3 is 2.58 bits per heavy atom. The molecular weight excluding hydrogens is 324 g/mol. The number of ether oxygens (including phenoxy) is 1. The summed E-state index contributed by atoms with van der Waals surface area (Å²) in [5, 5.41) is 2.95. The van der Waals surface area contributed by atoms with E-state index in [2.05, 4.69) is 35.6 Å². The number of methoxy groups -OCH3 is 1. The molecule has 136 valence electrons. The van der Waals surface area contributed by atoms with E-state index >= 15 is 0 Å². The highest BCUT2D eigenvalue weighted by molar-refractivity contribution is 5.91. The van der Waals surface area contributed by atoms with Crippen molar-refractivity contribution >= 4 is 11.7 Å². The van der Waals surface area contributed by atoms with Gasteiger partial charge in [0.15, 0.2) is 0 Å². The van der Waals surface area contributed by atoms with Crippen LogP contribution < -0.4 is 10.1 Å². The Bertz CT molecular complexity index is 756. The van der Waals surface area contributed by atoms with Gasteiger partial charge in [-0.1, -0.05) is 42.5 Å². The summed E-state index contributed by atoms with van der Waals surface area (Å²) in [5.41, 5.74) is 2.22. The van der Waals surface area contributed by atoms with Gasteiger partial charge in [0, 0.05) is 13.1 Å². The highest BCUT2D eigenvalue weighted by Crippen LogP contribution is 2.50. The lowest BCUT2D eigenvalue weighted by Gasteiger charge is -2.39. The Labute approximate surface area is 155 Å². The van der Waals surface area contributed by atoms with Crippen molar-refractivity contribution in [2.75, 3.05) is 25.5 Å². The van der Waals surface area contributed by atoms with E-state index in [9.17, 15) is 4.79 Å². The summed E-state index contributed by atoms with van der Waals surface area (Å²) in [6.07, 6.45) is 3.84. The Morgan fingerprint density at radius 1 is 1.08 bits per heavy atom. The van der Waals surface area contributed by atoms with E-state index in [4.69, 9.17) is 4.74 Å². The molecule has 0 bridgehead atoms. The average molecular weight is 350 g/mol. The maximum atomic E-state index is 12.4. The third-order valence-electron chi connectivity index (χ3n) is 5.69. The number of anilines is 1. The van der Waals surface area contributed by atoms with Crippen LogP contribution in [0.15, 0.2) is 54.6 Å². The third kappa shape index (κ3) is 3.69. The van der Waals surface area contributed by atoms with Crippen LogP contribution in [0.5, 0.6) is 5.75 Å². The second-order valence-corrected chi connectivity index (χ2v) is 7.49. The molecule has 1 N–H and O–H groups in total. The summed E-state index contributed by atoms with van der Waals surface area (Å²) in [4.78, 5) is 14.2. The van der Waals surface area contributed by atoms with E-state index in [1.165, 1.54) is 24.8 Å². The van der Waals surface area contributed by atoms with Crippen molar-refractivity contribution in [1.29, 1.82) is 0 Å². The highest BCUT2D eigenvalue weighted by Gasteiger charge is 2.39. The van der Waals surface area contributed by atoms with Crippen LogP contribution in [-0.4, -0.2) is 31.1 Å². The largest absolute Gasteiger partial charge is 0.495 e. The number of carbonyl (C=O) groups is 1. The zero-order valence-corrected chi connectivity index (χ0v) is 15.2. The number of likely N-dealkylation sites (tertiary alicyclic amines) is 1. The van der Waals surface area contributed by atoms with E-state index in [1.54, 1.807) is 7.11 Å². The van der Waals surface area contributed by atoms with Gasteiger partial charge in [0.1, 0.15) is 5.75 Å². The molecule has 0 radical (unpaired) electrons. The predicted molar refractivity (Wildman–Crippen MR) is 104 cm³/mol. The number of nitrogens with zero attached hydrogens (tertiary/aromatic N) is 1. The molecule has 2 aliphatic rings. The maximum absolute atomic E-state index is 12.4. The molecule has 2 aromatic rings. The second-order valence-electron chi connectivity index (χ2n) is 7.49. The summed E-state index contributed by atoms with van der Waals surface area (Å²) in [6.45, 7) is 1.73. The number of benzene rings is 2. The molecule has 2 aromatic carbocycles. The summed E-state index contributed by atoms with van der Waals surface area (Å²) in [7, 11) is 1.62. The molecule has 2 amide bonds. The summed E-state index contributed by atoms with van der Waals surface area (Å²) >= 11 is 0. The summed E-state index contributed by atoms with van der Waals surface area (Å²) in [6, 6.07) is 18.3. The molecule has 1 aliphatic heterocycles. The van der Waals surface area contributed by atoms with Gasteiger partial charge in [-0.3, -0.25) is 0 Å². The Kier molecular flexibility index (Phi) is 4.83. The van der Waals surface area contributed by atoms with Crippen LogP contribution in [0.2, 0.25) is 0 Å². The van der Waals surface area contributed by atoms with E-state index < -0.39 is 0 Å². The highest BCUT2D eigenvalue weighted by atomic mass is 16.5. The summed E-state index contributed by atoms with van der Waals surface area (Å²) in [5.74, 6) is 2.95. The molecule has 2 fully saturated rings. The quantitative estimate of drug-likeness (QED) is 0.817. The number of carbonyl (C=O) groups excluding carboxylic acids is 1. The van der Waals surface area contributed by atoms with Crippen molar-refractivity contribution in [3.05, 3.63) is 60.2 Å².